The van der Waals surface area contributed by atoms with Crippen LogP contribution < -0.4 is 0 Å². The van der Waals surface area contributed by atoms with E-state index in [9.17, 15) is 19.2 Å². The SMILES string of the molecule is O=C(CCCN1C(=O)C(=CC=Cc2ccccc2)SC1=S)N1CCN(C(=O)CCN2C(=O)C(=CC=Cc3ccccc3)SC2=S)CC1. The van der Waals surface area contributed by atoms with Gasteiger partial charge in [-0.25, -0.2) is 0 Å². The summed E-state index contributed by atoms with van der Waals surface area (Å²) < 4.78 is 0.941. The van der Waals surface area contributed by atoms with Gasteiger partial charge in [0.2, 0.25) is 11.8 Å². The fourth-order valence-corrected chi connectivity index (χ4v) is 7.67. The van der Waals surface area contributed by atoms with Crippen LogP contribution in [0.3, 0.4) is 0 Å². The molecule has 3 aliphatic rings. The first-order valence-corrected chi connectivity index (χ1v) is 17.7. The number of rotatable bonds is 11. The Morgan fingerprint density at radius 2 is 1.06 bits per heavy atom. The number of allylic oxidation sites excluding steroid dienone is 4. The van der Waals surface area contributed by atoms with Gasteiger partial charge >= 0.3 is 0 Å². The second-order valence-corrected chi connectivity index (χ2v) is 14.2. The number of carbonyl (C=O) groups is 4. The molecule has 0 aromatic heterocycles. The Labute approximate surface area is 294 Å². The largest absolute Gasteiger partial charge is 0.339 e. The predicted octanol–water partition coefficient (Wildman–Crippen LogP) is 5.74. The van der Waals surface area contributed by atoms with Crippen molar-refractivity contribution in [2.45, 2.75) is 19.3 Å². The molecule has 12 heteroatoms. The lowest BCUT2D eigenvalue weighted by molar-refractivity contribution is -0.140. The van der Waals surface area contributed by atoms with Gasteiger partial charge in [0.15, 0.2) is 0 Å². The maximum absolute atomic E-state index is 12.9. The number of benzene rings is 2. The number of piperazine rings is 1. The second-order valence-electron chi connectivity index (χ2n) is 10.9. The third-order valence-corrected chi connectivity index (χ3v) is 10.5. The first-order chi connectivity index (χ1) is 22.8. The molecule has 0 aliphatic carbocycles. The van der Waals surface area contributed by atoms with Crippen LogP contribution in [0.1, 0.15) is 30.4 Å². The van der Waals surface area contributed by atoms with Gasteiger partial charge in [0.1, 0.15) is 8.64 Å². The molecule has 0 spiro atoms. The summed E-state index contributed by atoms with van der Waals surface area (Å²) in [6.45, 7) is 2.35. The van der Waals surface area contributed by atoms with E-state index in [4.69, 9.17) is 24.4 Å². The monoisotopic (exact) mass is 702 g/mol. The van der Waals surface area contributed by atoms with Crippen molar-refractivity contribution in [2.75, 3.05) is 39.3 Å². The van der Waals surface area contributed by atoms with Gasteiger partial charge in [-0.2, -0.15) is 0 Å². The Morgan fingerprint density at radius 1 is 0.638 bits per heavy atom. The van der Waals surface area contributed by atoms with Crippen molar-refractivity contribution in [1.29, 1.82) is 0 Å². The summed E-state index contributed by atoms with van der Waals surface area (Å²) in [4.78, 5) is 59.2. The van der Waals surface area contributed by atoms with Gasteiger partial charge in [0.25, 0.3) is 11.8 Å². The number of hydrogen-bond donors (Lipinski definition) is 0. The van der Waals surface area contributed by atoms with Gasteiger partial charge in [0, 0.05) is 52.1 Å². The molecule has 3 saturated heterocycles. The van der Waals surface area contributed by atoms with Gasteiger partial charge in [-0.1, -0.05) is 133 Å². The van der Waals surface area contributed by atoms with Crippen molar-refractivity contribution in [3.05, 3.63) is 106 Å². The smallest absolute Gasteiger partial charge is 0.266 e. The number of thiocarbonyl (C=S) groups is 2. The molecule has 4 amide bonds. The van der Waals surface area contributed by atoms with Gasteiger partial charge in [0.05, 0.1) is 9.81 Å². The van der Waals surface area contributed by atoms with E-state index in [2.05, 4.69) is 0 Å². The molecule has 3 heterocycles. The highest BCUT2D eigenvalue weighted by molar-refractivity contribution is 8.27. The van der Waals surface area contributed by atoms with E-state index in [1.54, 1.807) is 26.9 Å². The third kappa shape index (κ3) is 9.38. The summed E-state index contributed by atoms with van der Waals surface area (Å²) in [6, 6.07) is 19.6. The van der Waals surface area contributed by atoms with Crippen LogP contribution in [0.15, 0.2) is 94.8 Å². The minimum atomic E-state index is -0.192. The van der Waals surface area contributed by atoms with Crippen molar-refractivity contribution in [1.82, 2.24) is 19.6 Å². The number of thioether (sulfide) groups is 2. The molecule has 0 atom stereocenters. The summed E-state index contributed by atoms with van der Waals surface area (Å²) in [5, 5.41) is 0. The summed E-state index contributed by atoms with van der Waals surface area (Å²) >= 11 is 13.3. The lowest BCUT2D eigenvalue weighted by Gasteiger charge is -2.35. The van der Waals surface area contributed by atoms with Gasteiger partial charge in [-0.15, -0.1) is 0 Å². The fourth-order valence-electron chi connectivity index (χ4n) is 5.15. The number of amides is 4. The molecule has 0 saturated carbocycles. The lowest BCUT2D eigenvalue weighted by atomic mass is 10.2. The molecule has 3 aliphatic heterocycles. The van der Waals surface area contributed by atoms with E-state index < -0.39 is 0 Å². The summed E-state index contributed by atoms with van der Waals surface area (Å²) in [6.07, 6.45) is 12.0. The first-order valence-electron chi connectivity index (χ1n) is 15.3. The minimum Gasteiger partial charge on any atom is -0.339 e. The molecular weight excluding hydrogens is 669 g/mol. The second kappa shape index (κ2) is 16.8. The van der Waals surface area contributed by atoms with Crippen LogP contribution >= 0.6 is 48.0 Å². The Hall–Kier alpha value is -3.84. The molecule has 242 valence electrons. The minimum absolute atomic E-state index is 0.00505. The highest BCUT2D eigenvalue weighted by Crippen LogP contribution is 2.32. The van der Waals surface area contributed by atoms with Crippen LogP contribution in [-0.4, -0.2) is 91.1 Å². The topological polar surface area (TPSA) is 81.2 Å². The van der Waals surface area contributed by atoms with E-state index in [0.717, 1.165) is 11.1 Å². The zero-order chi connectivity index (χ0) is 33.2. The molecule has 0 N–H and O–H groups in total. The number of nitrogens with zero attached hydrogens (tertiary/aromatic N) is 4. The molecule has 5 rings (SSSR count). The summed E-state index contributed by atoms with van der Waals surface area (Å²) in [5.74, 6) is -0.405. The van der Waals surface area contributed by atoms with Crippen LogP contribution in [0.5, 0.6) is 0 Å². The molecule has 8 nitrogen and oxygen atoms in total. The number of carbonyl (C=O) groups excluding carboxylic acids is 4. The maximum atomic E-state index is 12.9. The Balaban J connectivity index is 1.01. The van der Waals surface area contributed by atoms with Crippen molar-refractivity contribution in [2.24, 2.45) is 0 Å². The van der Waals surface area contributed by atoms with Crippen molar-refractivity contribution >= 4 is 92.4 Å². The Kier molecular flexibility index (Phi) is 12.3. The Morgan fingerprint density at radius 3 is 1.53 bits per heavy atom. The highest BCUT2D eigenvalue weighted by Gasteiger charge is 2.33. The average molecular weight is 703 g/mol. The highest BCUT2D eigenvalue weighted by atomic mass is 32.2. The van der Waals surface area contributed by atoms with Crippen molar-refractivity contribution in [3.8, 4) is 0 Å². The molecule has 2 aromatic carbocycles. The van der Waals surface area contributed by atoms with Gasteiger partial charge in [-0.05, 0) is 29.7 Å². The lowest BCUT2D eigenvalue weighted by Crippen LogP contribution is -2.51. The molecule has 0 bridgehead atoms. The third-order valence-electron chi connectivity index (χ3n) is 7.73. The normalized spacial score (nSPS) is 19.1. The summed E-state index contributed by atoms with van der Waals surface area (Å²) in [7, 11) is 0. The van der Waals surface area contributed by atoms with Gasteiger partial charge in [-0.3, -0.25) is 29.0 Å². The fraction of sp³-hybridized carbons (Fsp3) is 0.257. The average Bonchev–Trinajstić information content (AvgIpc) is 3.52. The molecular formula is C35H34N4O4S4. The first kappa shape index (κ1) is 34.5. The van der Waals surface area contributed by atoms with Gasteiger partial charge < -0.3 is 9.80 Å². The van der Waals surface area contributed by atoms with E-state index in [1.807, 2.05) is 85.0 Å². The maximum Gasteiger partial charge on any atom is 0.266 e. The molecule has 0 radical (unpaired) electrons. The van der Waals surface area contributed by atoms with Crippen molar-refractivity contribution in [3.63, 3.8) is 0 Å². The van der Waals surface area contributed by atoms with Crippen LogP contribution in [0.4, 0.5) is 0 Å². The van der Waals surface area contributed by atoms with Crippen LogP contribution in [0, 0.1) is 0 Å². The molecule has 47 heavy (non-hydrogen) atoms. The quantitative estimate of drug-likeness (QED) is 0.217. The Bertz CT molecular complexity index is 1650. The van der Waals surface area contributed by atoms with Crippen LogP contribution in [0.25, 0.3) is 12.2 Å². The molecule has 3 fully saturated rings. The van der Waals surface area contributed by atoms with Crippen LogP contribution in [-0.2, 0) is 19.2 Å². The van der Waals surface area contributed by atoms with E-state index >= 15 is 0 Å². The zero-order valence-electron chi connectivity index (χ0n) is 25.7. The summed E-state index contributed by atoms with van der Waals surface area (Å²) in [5.41, 5.74) is 2.07. The van der Waals surface area contributed by atoms with Crippen LogP contribution in [0.2, 0.25) is 0 Å². The number of hydrogen-bond acceptors (Lipinski definition) is 8. The molecule has 2 aromatic rings. The van der Waals surface area contributed by atoms with E-state index in [1.165, 1.54) is 28.4 Å². The van der Waals surface area contributed by atoms with E-state index in [-0.39, 0.29) is 36.6 Å². The zero-order valence-corrected chi connectivity index (χ0v) is 28.9. The van der Waals surface area contributed by atoms with E-state index in [0.29, 0.717) is 64.0 Å². The standard InChI is InChI=1S/C35H34N4O4S4/c40-30(18-9-20-38-32(42)28(46-34(38)44)16-7-14-26-10-3-1-4-11-26)36-22-24-37(25-23-36)31(41)19-21-39-33(43)29(47-35(39)45)17-8-15-27-12-5-2-6-13-27/h1-8,10-17H,9,18-25H2. The van der Waals surface area contributed by atoms with Crippen molar-refractivity contribution < 1.29 is 19.2 Å². The predicted molar refractivity (Wildman–Crippen MR) is 198 cm³/mol. The molecule has 0 unspecified atom stereocenters.